The van der Waals surface area contributed by atoms with Crippen LogP contribution in [-0.2, 0) is 11.2 Å². The van der Waals surface area contributed by atoms with Crippen molar-refractivity contribution in [1.82, 2.24) is 5.32 Å². The molecule has 1 N–H and O–H groups in total. The molecule has 0 spiro atoms. The summed E-state index contributed by atoms with van der Waals surface area (Å²) in [6, 6.07) is 6.90. The van der Waals surface area contributed by atoms with Crippen LogP contribution in [0.1, 0.15) is 30.9 Å². The van der Waals surface area contributed by atoms with Crippen LogP contribution in [0, 0.1) is 0 Å². The van der Waals surface area contributed by atoms with Crippen molar-refractivity contribution < 1.29 is 9.47 Å². The third-order valence-corrected chi connectivity index (χ3v) is 3.76. The molecule has 3 nitrogen and oxygen atoms in total. The second-order valence-electron chi connectivity index (χ2n) is 4.96. The van der Waals surface area contributed by atoms with Gasteiger partial charge < -0.3 is 14.8 Å². The van der Waals surface area contributed by atoms with E-state index in [0.29, 0.717) is 12.0 Å². The molecule has 3 heteroatoms. The van der Waals surface area contributed by atoms with Crippen molar-refractivity contribution in [2.45, 2.75) is 32.2 Å². The standard InChI is InChI=1S/C15H23NO2/c1-11(12(2)16-8-10-17-3)14-6-4-5-13-7-9-18-15(13)14/h4-6,11-12,16H,7-10H2,1-3H3. The fourth-order valence-electron chi connectivity index (χ4n) is 2.43. The highest BCUT2D eigenvalue weighted by Gasteiger charge is 2.22. The molecular weight excluding hydrogens is 226 g/mol. The zero-order valence-electron chi connectivity index (χ0n) is 11.5. The van der Waals surface area contributed by atoms with Gasteiger partial charge in [0.15, 0.2) is 0 Å². The van der Waals surface area contributed by atoms with Crippen LogP contribution in [0.4, 0.5) is 0 Å². The third kappa shape index (κ3) is 2.85. The van der Waals surface area contributed by atoms with Crippen LogP contribution in [0.5, 0.6) is 5.75 Å². The Balaban J connectivity index is 2.04. The first-order valence-corrected chi connectivity index (χ1v) is 6.71. The summed E-state index contributed by atoms with van der Waals surface area (Å²) >= 11 is 0. The van der Waals surface area contributed by atoms with Gasteiger partial charge in [-0.25, -0.2) is 0 Å². The van der Waals surface area contributed by atoms with Gasteiger partial charge in [-0.15, -0.1) is 0 Å². The molecule has 2 rings (SSSR count). The van der Waals surface area contributed by atoms with E-state index in [0.717, 1.165) is 31.9 Å². The van der Waals surface area contributed by atoms with E-state index in [2.05, 4.69) is 37.4 Å². The molecule has 0 aliphatic carbocycles. The first-order chi connectivity index (χ1) is 8.74. The molecule has 1 aromatic carbocycles. The fourth-order valence-corrected chi connectivity index (χ4v) is 2.43. The minimum atomic E-state index is 0.413. The molecule has 0 aromatic heterocycles. The summed E-state index contributed by atoms with van der Waals surface area (Å²) in [6.45, 7) is 6.93. The fraction of sp³-hybridized carbons (Fsp3) is 0.600. The number of benzene rings is 1. The SMILES string of the molecule is COCCNC(C)C(C)c1cccc2c1OCC2. The molecule has 0 amide bonds. The maximum Gasteiger partial charge on any atom is 0.126 e. The minimum absolute atomic E-state index is 0.413. The average molecular weight is 249 g/mol. The summed E-state index contributed by atoms with van der Waals surface area (Å²) < 4.78 is 10.8. The van der Waals surface area contributed by atoms with Crippen molar-refractivity contribution in [3.63, 3.8) is 0 Å². The van der Waals surface area contributed by atoms with Gasteiger partial charge in [-0.05, 0) is 24.0 Å². The van der Waals surface area contributed by atoms with E-state index in [-0.39, 0.29) is 0 Å². The first kappa shape index (κ1) is 13.4. The van der Waals surface area contributed by atoms with E-state index < -0.39 is 0 Å². The Morgan fingerprint density at radius 2 is 2.22 bits per heavy atom. The number of ether oxygens (including phenoxy) is 2. The van der Waals surface area contributed by atoms with Crippen molar-refractivity contribution >= 4 is 0 Å². The molecule has 1 aromatic rings. The zero-order valence-corrected chi connectivity index (χ0v) is 11.5. The maximum atomic E-state index is 5.77. The largest absolute Gasteiger partial charge is 0.493 e. The van der Waals surface area contributed by atoms with Gasteiger partial charge in [0.2, 0.25) is 0 Å². The summed E-state index contributed by atoms with van der Waals surface area (Å²) in [5.41, 5.74) is 2.67. The molecule has 0 saturated carbocycles. The Bertz CT molecular complexity index is 392. The number of methoxy groups -OCH3 is 1. The number of hydrogen-bond donors (Lipinski definition) is 1. The summed E-state index contributed by atoms with van der Waals surface area (Å²) in [4.78, 5) is 0. The van der Waals surface area contributed by atoms with Crippen LogP contribution < -0.4 is 10.1 Å². The van der Waals surface area contributed by atoms with Crippen molar-refractivity contribution in [2.24, 2.45) is 0 Å². The van der Waals surface area contributed by atoms with Crippen LogP contribution >= 0.6 is 0 Å². The molecule has 2 atom stereocenters. The topological polar surface area (TPSA) is 30.5 Å². The molecule has 0 fully saturated rings. The van der Waals surface area contributed by atoms with Crippen LogP contribution in [0.2, 0.25) is 0 Å². The number of nitrogens with one attached hydrogen (secondary N) is 1. The third-order valence-electron chi connectivity index (χ3n) is 3.76. The quantitative estimate of drug-likeness (QED) is 0.785. The molecule has 0 radical (unpaired) electrons. The second kappa shape index (κ2) is 6.21. The smallest absolute Gasteiger partial charge is 0.126 e. The number of rotatable bonds is 6. The molecule has 1 aliphatic heterocycles. The van der Waals surface area contributed by atoms with E-state index in [1.54, 1.807) is 7.11 Å². The molecule has 0 bridgehead atoms. The Labute approximate surface area is 109 Å². The Kier molecular flexibility index (Phi) is 4.61. The van der Waals surface area contributed by atoms with Crippen molar-refractivity contribution in [1.29, 1.82) is 0 Å². The van der Waals surface area contributed by atoms with Crippen LogP contribution in [0.15, 0.2) is 18.2 Å². The predicted molar refractivity (Wildman–Crippen MR) is 73.4 cm³/mol. The summed E-state index contributed by atoms with van der Waals surface area (Å²) in [7, 11) is 1.73. The molecule has 1 aliphatic rings. The van der Waals surface area contributed by atoms with Gasteiger partial charge in [-0.1, -0.05) is 25.1 Å². The van der Waals surface area contributed by atoms with Crippen molar-refractivity contribution in [2.75, 3.05) is 26.9 Å². The highest BCUT2D eigenvalue weighted by Crippen LogP contribution is 2.35. The summed E-state index contributed by atoms with van der Waals surface area (Å²) in [6.07, 6.45) is 1.04. The Morgan fingerprint density at radius 3 is 3.00 bits per heavy atom. The lowest BCUT2D eigenvalue weighted by molar-refractivity contribution is 0.195. The van der Waals surface area contributed by atoms with Crippen LogP contribution in [-0.4, -0.2) is 32.9 Å². The summed E-state index contributed by atoms with van der Waals surface area (Å²) in [5, 5.41) is 3.49. The van der Waals surface area contributed by atoms with Gasteiger partial charge >= 0.3 is 0 Å². The number of hydrogen-bond acceptors (Lipinski definition) is 3. The first-order valence-electron chi connectivity index (χ1n) is 6.71. The van der Waals surface area contributed by atoms with Gasteiger partial charge in [0, 0.05) is 26.1 Å². The Hall–Kier alpha value is -1.06. The Morgan fingerprint density at radius 1 is 1.39 bits per heavy atom. The monoisotopic (exact) mass is 249 g/mol. The highest BCUT2D eigenvalue weighted by atomic mass is 16.5. The van der Waals surface area contributed by atoms with Crippen molar-refractivity contribution in [3.8, 4) is 5.75 Å². The zero-order chi connectivity index (χ0) is 13.0. The molecule has 2 unspecified atom stereocenters. The second-order valence-corrected chi connectivity index (χ2v) is 4.96. The lowest BCUT2D eigenvalue weighted by Crippen LogP contribution is -2.33. The molecule has 1 heterocycles. The van der Waals surface area contributed by atoms with Crippen LogP contribution in [0.3, 0.4) is 0 Å². The van der Waals surface area contributed by atoms with Gasteiger partial charge in [-0.2, -0.15) is 0 Å². The van der Waals surface area contributed by atoms with E-state index in [1.165, 1.54) is 11.1 Å². The van der Waals surface area contributed by atoms with Crippen LogP contribution in [0.25, 0.3) is 0 Å². The summed E-state index contributed by atoms with van der Waals surface area (Å²) in [5.74, 6) is 1.56. The number of para-hydroxylation sites is 1. The number of fused-ring (bicyclic) bond motifs is 1. The maximum absolute atomic E-state index is 5.77. The predicted octanol–water partition coefficient (Wildman–Crippen LogP) is 2.35. The molecule has 100 valence electrons. The van der Waals surface area contributed by atoms with Gasteiger partial charge in [0.05, 0.1) is 13.2 Å². The highest BCUT2D eigenvalue weighted by molar-refractivity contribution is 5.46. The normalized spacial score (nSPS) is 17.1. The minimum Gasteiger partial charge on any atom is -0.493 e. The lowest BCUT2D eigenvalue weighted by atomic mass is 9.92. The molecule has 0 saturated heterocycles. The van der Waals surface area contributed by atoms with Gasteiger partial charge in [0.1, 0.15) is 5.75 Å². The van der Waals surface area contributed by atoms with Crippen molar-refractivity contribution in [3.05, 3.63) is 29.3 Å². The van der Waals surface area contributed by atoms with Gasteiger partial charge in [0.25, 0.3) is 0 Å². The van der Waals surface area contributed by atoms with E-state index in [1.807, 2.05) is 0 Å². The average Bonchev–Trinajstić information content (AvgIpc) is 2.86. The lowest BCUT2D eigenvalue weighted by Gasteiger charge is -2.23. The van der Waals surface area contributed by atoms with E-state index in [4.69, 9.17) is 9.47 Å². The van der Waals surface area contributed by atoms with Gasteiger partial charge in [-0.3, -0.25) is 0 Å². The van der Waals surface area contributed by atoms with E-state index >= 15 is 0 Å². The van der Waals surface area contributed by atoms with E-state index in [9.17, 15) is 0 Å². The molecular formula is C15H23NO2. The molecule has 18 heavy (non-hydrogen) atoms.